The summed E-state index contributed by atoms with van der Waals surface area (Å²) < 4.78 is 11.1. The summed E-state index contributed by atoms with van der Waals surface area (Å²) in [6, 6.07) is 8.26. The van der Waals surface area contributed by atoms with Gasteiger partial charge in [0.25, 0.3) is 0 Å². The molecule has 0 spiro atoms. The summed E-state index contributed by atoms with van der Waals surface area (Å²) in [7, 11) is 0. The number of rotatable bonds is 6. The second-order valence-corrected chi connectivity index (χ2v) is 7.67. The molecule has 0 amide bonds. The van der Waals surface area contributed by atoms with Gasteiger partial charge < -0.3 is 29.9 Å². The van der Waals surface area contributed by atoms with E-state index in [2.05, 4.69) is 40.5 Å². The van der Waals surface area contributed by atoms with E-state index < -0.39 is 37.3 Å². The van der Waals surface area contributed by atoms with Crippen molar-refractivity contribution in [1.82, 2.24) is 10.2 Å². The average Bonchev–Trinajstić information content (AvgIpc) is 3.48. The number of aromatic amines is 1. The molecule has 1 unspecified atom stereocenters. The molecule has 8 heteroatoms. The highest BCUT2D eigenvalue weighted by Gasteiger charge is 2.45. The van der Waals surface area contributed by atoms with Gasteiger partial charge in [0.05, 0.1) is 6.61 Å². The van der Waals surface area contributed by atoms with Crippen LogP contribution in [0.4, 0.5) is 0 Å². The Kier molecular flexibility index (Phi) is 5.71. The van der Waals surface area contributed by atoms with Gasteiger partial charge in [0, 0.05) is 17.7 Å². The molecule has 2 fully saturated rings. The monoisotopic (exact) mass is 402 g/mol. The van der Waals surface area contributed by atoms with Gasteiger partial charge in [-0.3, -0.25) is 5.10 Å². The van der Waals surface area contributed by atoms with Gasteiger partial charge in [-0.05, 0) is 30.9 Å². The van der Waals surface area contributed by atoms with Crippen molar-refractivity contribution in [2.24, 2.45) is 0 Å². The highest BCUT2D eigenvalue weighted by Crippen LogP contribution is 2.31. The van der Waals surface area contributed by atoms with Crippen molar-refractivity contribution >= 4 is 6.08 Å². The molecule has 0 bridgehead atoms. The predicted octanol–water partition coefficient (Wildman–Crippen LogP) is 0.665. The second-order valence-electron chi connectivity index (χ2n) is 7.67. The first-order chi connectivity index (χ1) is 14.0. The van der Waals surface area contributed by atoms with E-state index >= 15 is 0 Å². The lowest BCUT2D eigenvalue weighted by atomic mass is 9.99. The number of aliphatic hydroxyl groups excluding tert-OH is 4. The standard InChI is InChI=1S/C21H26N2O6/c1-11-15(9-14-6-4-13(5-7-14)8-12-2-3-12)20(23-22-11)29-21-19(27)18(26)17(25)16(10-24)28-21/h4-8,16-19,21,24-27H,2-3,9-10H2,1H3,(H,22,23)/t16-,17-,18+,19-,21?/m1/s1. The smallest absolute Gasteiger partial charge is 0.238 e. The maximum absolute atomic E-state index is 10.2. The van der Waals surface area contributed by atoms with Gasteiger partial charge in [0.1, 0.15) is 24.4 Å². The summed E-state index contributed by atoms with van der Waals surface area (Å²) in [6.07, 6.45) is -1.56. The first-order valence-electron chi connectivity index (χ1n) is 9.75. The van der Waals surface area contributed by atoms with E-state index in [1.807, 2.05) is 6.92 Å². The number of hydrogen-bond donors (Lipinski definition) is 5. The molecule has 1 aliphatic heterocycles. The van der Waals surface area contributed by atoms with Crippen molar-refractivity contribution in [3.63, 3.8) is 0 Å². The van der Waals surface area contributed by atoms with Crippen LogP contribution in [-0.4, -0.2) is 67.9 Å². The minimum Gasteiger partial charge on any atom is -0.443 e. The molecule has 5 atom stereocenters. The van der Waals surface area contributed by atoms with Crippen LogP contribution in [0, 0.1) is 6.92 Å². The predicted molar refractivity (Wildman–Crippen MR) is 104 cm³/mol. The Labute approximate surface area is 168 Å². The normalized spacial score (nSPS) is 29.0. The van der Waals surface area contributed by atoms with E-state index in [0.717, 1.165) is 16.8 Å². The highest BCUT2D eigenvalue weighted by molar-refractivity contribution is 5.56. The largest absolute Gasteiger partial charge is 0.443 e. The van der Waals surface area contributed by atoms with Crippen molar-refractivity contribution in [2.45, 2.75) is 56.9 Å². The summed E-state index contributed by atoms with van der Waals surface area (Å²) in [6.45, 7) is 1.36. The SMILES string of the molecule is Cc1[nH]nc(OC2O[C@H](CO)[C@@H](O)[C@H](O)[C@H]2O)c1Cc1ccc(C=C2CC2)cc1. The molecule has 2 aromatic rings. The van der Waals surface area contributed by atoms with Crippen LogP contribution in [-0.2, 0) is 11.2 Å². The maximum atomic E-state index is 10.2. The molecule has 2 heterocycles. The fourth-order valence-electron chi connectivity index (χ4n) is 3.40. The summed E-state index contributed by atoms with van der Waals surface area (Å²) in [5.74, 6) is 0.246. The second kappa shape index (κ2) is 8.25. The van der Waals surface area contributed by atoms with Crippen LogP contribution in [0.15, 0.2) is 29.8 Å². The van der Waals surface area contributed by atoms with Gasteiger partial charge in [-0.1, -0.05) is 35.9 Å². The molecular weight excluding hydrogens is 376 g/mol. The average molecular weight is 402 g/mol. The van der Waals surface area contributed by atoms with Gasteiger partial charge in [-0.2, -0.15) is 0 Å². The third-order valence-corrected chi connectivity index (χ3v) is 5.38. The Morgan fingerprint density at radius 2 is 1.86 bits per heavy atom. The molecule has 1 aromatic heterocycles. The molecule has 0 radical (unpaired) electrons. The number of hydrogen-bond acceptors (Lipinski definition) is 7. The third kappa shape index (κ3) is 4.36. The number of nitrogens with zero attached hydrogens (tertiary/aromatic N) is 1. The van der Waals surface area contributed by atoms with Gasteiger partial charge in [-0.15, -0.1) is 5.10 Å². The fourth-order valence-corrected chi connectivity index (χ4v) is 3.40. The zero-order valence-corrected chi connectivity index (χ0v) is 16.2. The van der Waals surface area contributed by atoms with Gasteiger partial charge in [-0.25, -0.2) is 0 Å². The third-order valence-electron chi connectivity index (χ3n) is 5.38. The van der Waals surface area contributed by atoms with E-state index in [1.165, 1.54) is 24.0 Å². The molecule has 1 aromatic carbocycles. The number of aliphatic hydroxyl groups is 4. The topological polar surface area (TPSA) is 128 Å². The van der Waals surface area contributed by atoms with E-state index in [9.17, 15) is 20.4 Å². The lowest BCUT2D eigenvalue weighted by Crippen LogP contribution is -2.60. The fraction of sp³-hybridized carbons (Fsp3) is 0.476. The Hall–Kier alpha value is -2.23. The van der Waals surface area contributed by atoms with Crippen molar-refractivity contribution in [3.05, 3.63) is 52.2 Å². The molecular formula is C21H26N2O6. The van der Waals surface area contributed by atoms with E-state index in [-0.39, 0.29) is 5.88 Å². The lowest BCUT2D eigenvalue weighted by Gasteiger charge is -2.39. The number of nitrogens with one attached hydrogen (secondary N) is 1. The number of benzene rings is 1. The van der Waals surface area contributed by atoms with Crippen LogP contribution < -0.4 is 4.74 Å². The summed E-state index contributed by atoms with van der Waals surface area (Å²) in [5.41, 5.74) is 5.34. The van der Waals surface area contributed by atoms with Gasteiger partial charge in [0.2, 0.25) is 12.2 Å². The van der Waals surface area contributed by atoms with E-state index in [1.54, 1.807) is 0 Å². The van der Waals surface area contributed by atoms with Gasteiger partial charge >= 0.3 is 0 Å². The molecule has 8 nitrogen and oxygen atoms in total. The quantitative estimate of drug-likeness (QED) is 0.480. The van der Waals surface area contributed by atoms with E-state index in [4.69, 9.17) is 9.47 Å². The van der Waals surface area contributed by atoms with Crippen LogP contribution in [0.3, 0.4) is 0 Å². The summed E-state index contributed by atoms with van der Waals surface area (Å²) in [5, 5.41) is 46.4. The highest BCUT2D eigenvalue weighted by atomic mass is 16.7. The summed E-state index contributed by atoms with van der Waals surface area (Å²) in [4.78, 5) is 0. The molecule has 156 valence electrons. The Bertz CT molecular complexity index is 870. The maximum Gasteiger partial charge on any atom is 0.238 e. The minimum absolute atomic E-state index is 0.246. The molecule has 2 aliphatic rings. The number of allylic oxidation sites excluding steroid dienone is 1. The zero-order valence-electron chi connectivity index (χ0n) is 16.2. The van der Waals surface area contributed by atoms with Crippen molar-refractivity contribution in [1.29, 1.82) is 0 Å². The Morgan fingerprint density at radius 3 is 2.52 bits per heavy atom. The minimum atomic E-state index is -1.50. The van der Waals surface area contributed by atoms with Crippen LogP contribution in [0.1, 0.15) is 35.2 Å². The van der Waals surface area contributed by atoms with Crippen molar-refractivity contribution in [2.75, 3.05) is 6.61 Å². The van der Waals surface area contributed by atoms with Crippen LogP contribution in [0.5, 0.6) is 5.88 Å². The number of aryl methyl sites for hydroxylation is 1. The lowest BCUT2D eigenvalue weighted by molar-refractivity contribution is -0.278. The van der Waals surface area contributed by atoms with Crippen molar-refractivity contribution < 1.29 is 29.9 Å². The first kappa shape index (κ1) is 20.1. The number of ether oxygens (including phenoxy) is 2. The molecule has 5 N–H and O–H groups in total. The van der Waals surface area contributed by atoms with Gasteiger partial charge in [0.15, 0.2) is 0 Å². The molecule has 1 saturated carbocycles. The van der Waals surface area contributed by atoms with Crippen molar-refractivity contribution in [3.8, 4) is 5.88 Å². The number of aromatic nitrogens is 2. The Balaban J connectivity index is 1.49. The summed E-state index contributed by atoms with van der Waals surface area (Å²) >= 11 is 0. The zero-order chi connectivity index (χ0) is 20.5. The molecule has 4 rings (SSSR count). The molecule has 1 saturated heterocycles. The first-order valence-corrected chi connectivity index (χ1v) is 9.75. The van der Waals surface area contributed by atoms with E-state index in [0.29, 0.717) is 6.42 Å². The van der Waals surface area contributed by atoms with Crippen LogP contribution >= 0.6 is 0 Å². The number of H-pyrrole nitrogens is 1. The Morgan fingerprint density at radius 1 is 1.14 bits per heavy atom. The van der Waals surface area contributed by atoms with Crippen LogP contribution in [0.2, 0.25) is 0 Å². The van der Waals surface area contributed by atoms with Crippen LogP contribution in [0.25, 0.3) is 6.08 Å². The molecule has 29 heavy (non-hydrogen) atoms. The molecule has 1 aliphatic carbocycles.